The molecular weight excluding hydrogens is 200 g/mol. The van der Waals surface area contributed by atoms with Gasteiger partial charge in [0.15, 0.2) is 5.82 Å². The largest absolute Gasteiger partial charge is 0.316 e. The molecular formula is C12H22N4. The standard InChI is InChI=1S/C12H22N4/c1-12(2,3)11-14-10(16(4)15-11)7-9-5-6-13-8-9/h9,13H,5-8H2,1-4H3. The van der Waals surface area contributed by atoms with E-state index in [1.165, 1.54) is 6.42 Å². The van der Waals surface area contributed by atoms with Gasteiger partial charge in [-0.3, -0.25) is 4.68 Å². The lowest BCUT2D eigenvalue weighted by Crippen LogP contribution is -2.14. The van der Waals surface area contributed by atoms with Crippen LogP contribution in [0.4, 0.5) is 0 Å². The van der Waals surface area contributed by atoms with Gasteiger partial charge >= 0.3 is 0 Å². The molecule has 1 unspecified atom stereocenters. The predicted molar refractivity (Wildman–Crippen MR) is 64.4 cm³/mol. The van der Waals surface area contributed by atoms with Crippen molar-refractivity contribution in [1.82, 2.24) is 20.1 Å². The SMILES string of the molecule is Cn1nc(C(C)(C)C)nc1CC1CCNC1. The lowest BCUT2D eigenvalue weighted by molar-refractivity contribution is 0.535. The van der Waals surface area contributed by atoms with E-state index in [4.69, 9.17) is 0 Å². The number of aryl methyl sites for hydroxylation is 1. The minimum atomic E-state index is 0.0456. The Morgan fingerprint density at radius 2 is 2.19 bits per heavy atom. The van der Waals surface area contributed by atoms with Gasteiger partial charge < -0.3 is 5.32 Å². The predicted octanol–water partition coefficient (Wildman–Crippen LogP) is 1.26. The first-order chi connectivity index (χ1) is 7.47. The third-order valence-corrected chi connectivity index (χ3v) is 3.16. The summed E-state index contributed by atoms with van der Waals surface area (Å²) in [4.78, 5) is 4.67. The first-order valence-corrected chi connectivity index (χ1v) is 6.08. The molecule has 1 aliphatic heterocycles. The molecule has 0 aliphatic carbocycles. The highest BCUT2D eigenvalue weighted by Crippen LogP contribution is 2.20. The Labute approximate surface area is 97.5 Å². The third-order valence-electron chi connectivity index (χ3n) is 3.16. The Balaban J connectivity index is 2.12. The molecule has 4 heteroatoms. The van der Waals surface area contributed by atoms with Crippen LogP contribution in [-0.4, -0.2) is 27.9 Å². The number of nitrogens with one attached hydrogen (secondary N) is 1. The van der Waals surface area contributed by atoms with E-state index in [0.717, 1.165) is 37.1 Å². The first kappa shape index (κ1) is 11.6. The summed E-state index contributed by atoms with van der Waals surface area (Å²) in [5.74, 6) is 2.81. The molecule has 90 valence electrons. The topological polar surface area (TPSA) is 42.7 Å². The molecule has 1 atom stereocenters. The maximum atomic E-state index is 4.67. The molecule has 4 nitrogen and oxygen atoms in total. The number of hydrogen-bond donors (Lipinski definition) is 1. The molecule has 1 N–H and O–H groups in total. The summed E-state index contributed by atoms with van der Waals surface area (Å²) in [6.45, 7) is 8.74. The van der Waals surface area contributed by atoms with Gasteiger partial charge in [-0.2, -0.15) is 5.10 Å². The van der Waals surface area contributed by atoms with Crippen LogP contribution in [0.5, 0.6) is 0 Å². The van der Waals surface area contributed by atoms with Crippen LogP contribution in [0.3, 0.4) is 0 Å². The van der Waals surface area contributed by atoms with E-state index < -0.39 is 0 Å². The van der Waals surface area contributed by atoms with Crippen LogP contribution in [0.2, 0.25) is 0 Å². The fourth-order valence-electron chi connectivity index (χ4n) is 2.06. The van der Waals surface area contributed by atoms with Crippen LogP contribution < -0.4 is 5.32 Å². The van der Waals surface area contributed by atoms with Crippen molar-refractivity contribution in [3.05, 3.63) is 11.6 Å². The van der Waals surface area contributed by atoms with Gasteiger partial charge in [0, 0.05) is 18.9 Å². The molecule has 0 amide bonds. The number of nitrogens with zero attached hydrogens (tertiary/aromatic N) is 3. The number of rotatable bonds is 2. The van der Waals surface area contributed by atoms with Gasteiger partial charge in [-0.05, 0) is 25.4 Å². The quantitative estimate of drug-likeness (QED) is 0.819. The second kappa shape index (κ2) is 4.17. The van der Waals surface area contributed by atoms with E-state index >= 15 is 0 Å². The van der Waals surface area contributed by atoms with Crippen molar-refractivity contribution in [2.45, 2.75) is 39.0 Å². The summed E-state index contributed by atoms with van der Waals surface area (Å²) in [6, 6.07) is 0. The highest BCUT2D eigenvalue weighted by molar-refractivity contribution is 5.04. The Bertz CT molecular complexity index is 356. The van der Waals surface area contributed by atoms with Crippen molar-refractivity contribution < 1.29 is 0 Å². The smallest absolute Gasteiger partial charge is 0.156 e. The molecule has 2 heterocycles. The van der Waals surface area contributed by atoms with Crippen molar-refractivity contribution in [1.29, 1.82) is 0 Å². The third kappa shape index (κ3) is 2.43. The minimum Gasteiger partial charge on any atom is -0.316 e. The lowest BCUT2D eigenvalue weighted by Gasteiger charge is -2.12. The van der Waals surface area contributed by atoms with Crippen LogP contribution >= 0.6 is 0 Å². The highest BCUT2D eigenvalue weighted by Gasteiger charge is 2.23. The normalized spacial score (nSPS) is 21.6. The van der Waals surface area contributed by atoms with E-state index in [9.17, 15) is 0 Å². The summed E-state index contributed by atoms with van der Waals surface area (Å²) < 4.78 is 1.94. The molecule has 1 fully saturated rings. The highest BCUT2D eigenvalue weighted by atomic mass is 15.3. The molecule has 1 aromatic rings. The van der Waals surface area contributed by atoms with Crippen molar-refractivity contribution in [2.24, 2.45) is 13.0 Å². The van der Waals surface area contributed by atoms with Gasteiger partial charge in [0.25, 0.3) is 0 Å². The van der Waals surface area contributed by atoms with Crippen LogP contribution in [0, 0.1) is 5.92 Å². The molecule has 1 saturated heterocycles. The van der Waals surface area contributed by atoms with Crippen LogP contribution in [-0.2, 0) is 18.9 Å². The van der Waals surface area contributed by atoms with Gasteiger partial charge in [-0.25, -0.2) is 4.98 Å². The zero-order valence-corrected chi connectivity index (χ0v) is 10.7. The maximum absolute atomic E-state index is 4.67. The fraction of sp³-hybridized carbons (Fsp3) is 0.833. The van der Waals surface area contributed by atoms with Gasteiger partial charge in [-0.15, -0.1) is 0 Å². The lowest BCUT2D eigenvalue weighted by atomic mass is 9.96. The van der Waals surface area contributed by atoms with Crippen LogP contribution in [0.1, 0.15) is 38.8 Å². The first-order valence-electron chi connectivity index (χ1n) is 6.08. The van der Waals surface area contributed by atoms with Crippen LogP contribution in [0.25, 0.3) is 0 Å². The second-order valence-corrected chi connectivity index (χ2v) is 5.79. The van der Waals surface area contributed by atoms with Gasteiger partial charge in [0.2, 0.25) is 0 Å². The summed E-state index contributed by atoms with van der Waals surface area (Å²) >= 11 is 0. The molecule has 0 saturated carbocycles. The zero-order chi connectivity index (χ0) is 11.8. The maximum Gasteiger partial charge on any atom is 0.156 e. The summed E-state index contributed by atoms with van der Waals surface area (Å²) in [5.41, 5.74) is 0.0456. The van der Waals surface area contributed by atoms with E-state index in [1.807, 2.05) is 11.7 Å². The van der Waals surface area contributed by atoms with Crippen molar-refractivity contribution in [3.63, 3.8) is 0 Å². The number of aromatic nitrogens is 3. The Hall–Kier alpha value is -0.900. The summed E-state index contributed by atoms with van der Waals surface area (Å²) in [6.07, 6.45) is 2.31. The van der Waals surface area contributed by atoms with Crippen LogP contribution in [0.15, 0.2) is 0 Å². The van der Waals surface area contributed by atoms with E-state index in [-0.39, 0.29) is 5.41 Å². The molecule has 2 rings (SSSR count). The van der Waals surface area contributed by atoms with Gasteiger partial charge in [-0.1, -0.05) is 20.8 Å². The molecule has 0 spiro atoms. The average Bonchev–Trinajstić information content (AvgIpc) is 2.76. The fourth-order valence-corrected chi connectivity index (χ4v) is 2.06. The molecule has 1 aliphatic rings. The Morgan fingerprint density at radius 3 is 2.69 bits per heavy atom. The monoisotopic (exact) mass is 222 g/mol. The molecule has 0 aromatic carbocycles. The summed E-state index contributed by atoms with van der Waals surface area (Å²) in [5, 5.41) is 7.90. The Morgan fingerprint density at radius 1 is 1.44 bits per heavy atom. The van der Waals surface area contributed by atoms with E-state index in [2.05, 4.69) is 36.2 Å². The van der Waals surface area contributed by atoms with E-state index in [0.29, 0.717) is 0 Å². The van der Waals surface area contributed by atoms with Crippen molar-refractivity contribution >= 4 is 0 Å². The van der Waals surface area contributed by atoms with E-state index in [1.54, 1.807) is 0 Å². The van der Waals surface area contributed by atoms with Gasteiger partial charge in [0.1, 0.15) is 5.82 Å². The minimum absolute atomic E-state index is 0.0456. The average molecular weight is 222 g/mol. The molecule has 0 radical (unpaired) electrons. The number of hydrogen-bond acceptors (Lipinski definition) is 3. The molecule has 0 bridgehead atoms. The Kier molecular flexibility index (Phi) is 3.02. The van der Waals surface area contributed by atoms with Crippen molar-refractivity contribution in [3.8, 4) is 0 Å². The van der Waals surface area contributed by atoms with Crippen molar-refractivity contribution in [2.75, 3.05) is 13.1 Å². The van der Waals surface area contributed by atoms with Gasteiger partial charge in [0.05, 0.1) is 0 Å². The molecule has 16 heavy (non-hydrogen) atoms. The second-order valence-electron chi connectivity index (χ2n) is 5.79. The summed E-state index contributed by atoms with van der Waals surface area (Å²) in [7, 11) is 2.00. The molecule has 1 aromatic heterocycles. The zero-order valence-electron chi connectivity index (χ0n) is 10.7.